The molecule has 0 bridgehead atoms. The Morgan fingerprint density at radius 3 is 2.62 bits per heavy atom. The van der Waals surface area contributed by atoms with Crippen molar-refractivity contribution < 1.29 is 19.6 Å². The molecule has 0 aliphatic rings. The van der Waals surface area contributed by atoms with E-state index in [2.05, 4.69) is 9.97 Å². The van der Waals surface area contributed by atoms with Crippen LogP contribution in [0.3, 0.4) is 0 Å². The third-order valence-corrected chi connectivity index (χ3v) is 1.67. The topological polar surface area (TPSA) is 126 Å². The van der Waals surface area contributed by atoms with Crippen LogP contribution in [0.25, 0.3) is 6.08 Å². The summed E-state index contributed by atoms with van der Waals surface area (Å²) >= 11 is 0. The molecule has 0 aliphatic heterocycles. The molecule has 1 heterocycles. The van der Waals surface area contributed by atoms with Gasteiger partial charge in [0, 0.05) is 6.08 Å². The van der Waals surface area contributed by atoms with Crippen molar-refractivity contribution in [2.75, 3.05) is 0 Å². The Morgan fingerprint density at radius 1 is 1.62 bits per heavy atom. The first kappa shape index (κ1) is 11.6. The van der Waals surface area contributed by atoms with Crippen LogP contribution in [-0.2, 0) is 9.59 Å². The van der Waals surface area contributed by atoms with Gasteiger partial charge in [0.15, 0.2) is 5.78 Å². The van der Waals surface area contributed by atoms with Crippen LogP contribution < -0.4 is 0 Å². The average Bonchev–Trinajstić information content (AvgIpc) is 2.61. The number of imidazole rings is 1. The lowest BCUT2D eigenvalue weighted by molar-refractivity contribution is -0.389. The quantitative estimate of drug-likeness (QED) is 0.250. The SMILES string of the molecule is CC(=O)C(=Cc1ncc([N+](=O)[O-])[nH]1)C(=O)O. The van der Waals surface area contributed by atoms with Crippen molar-refractivity contribution in [3.63, 3.8) is 0 Å². The largest absolute Gasteiger partial charge is 0.478 e. The highest BCUT2D eigenvalue weighted by molar-refractivity contribution is 6.18. The molecule has 0 radical (unpaired) electrons. The highest BCUT2D eigenvalue weighted by atomic mass is 16.6. The van der Waals surface area contributed by atoms with Gasteiger partial charge in [-0.2, -0.15) is 0 Å². The van der Waals surface area contributed by atoms with E-state index in [0.29, 0.717) is 0 Å². The lowest BCUT2D eigenvalue weighted by Crippen LogP contribution is -2.08. The van der Waals surface area contributed by atoms with Crippen LogP contribution in [0.4, 0.5) is 5.82 Å². The molecule has 16 heavy (non-hydrogen) atoms. The molecular weight excluding hydrogens is 218 g/mol. The van der Waals surface area contributed by atoms with Gasteiger partial charge in [0.05, 0.1) is 0 Å². The van der Waals surface area contributed by atoms with Gasteiger partial charge in [0.25, 0.3) is 0 Å². The van der Waals surface area contributed by atoms with Gasteiger partial charge in [-0.3, -0.25) is 4.79 Å². The molecule has 1 aromatic heterocycles. The Labute approximate surface area is 88.8 Å². The predicted octanol–water partition coefficient (Wildman–Crippen LogP) is 0.375. The molecule has 1 aromatic rings. The van der Waals surface area contributed by atoms with Crippen molar-refractivity contribution in [2.24, 2.45) is 0 Å². The molecule has 1 rings (SSSR count). The summed E-state index contributed by atoms with van der Waals surface area (Å²) in [6.07, 6.45) is 1.88. The molecular formula is C8H7N3O5. The molecule has 8 heteroatoms. The highest BCUT2D eigenvalue weighted by Crippen LogP contribution is 2.10. The zero-order chi connectivity index (χ0) is 12.3. The van der Waals surface area contributed by atoms with Gasteiger partial charge >= 0.3 is 11.8 Å². The molecule has 0 amide bonds. The Hall–Kier alpha value is -2.51. The third kappa shape index (κ3) is 2.50. The number of nitrogens with one attached hydrogen (secondary N) is 1. The molecule has 0 aliphatic carbocycles. The third-order valence-electron chi connectivity index (χ3n) is 1.67. The number of carbonyl (C=O) groups excluding carboxylic acids is 1. The van der Waals surface area contributed by atoms with Gasteiger partial charge in [-0.25, -0.2) is 14.8 Å². The van der Waals surface area contributed by atoms with Crippen LogP contribution in [0.15, 0.2) is 11.8 Å². The molecule has 8 nitrogen and oxygen atoms in total. The van der Waals surface area contributed by atoms with Crippen molar-refractivity contribution in [1.29, 1.82) is 0 Å². The van der Waals surface area contributed by atoms with Crippen LogP contribution in [0.1, 0.15) is 12.7 Å². The number of hydrogen-bond acceptors (Lipinski definition) is 5. The Morgan fingerprint density at radius 2 is 2.25 bits per heavy atom. The fourth-order valence-corrected chi connectivity index (χ4v) is 0.943. The number of Topliss-reactive ketones (excluding diaryl/α,β-unsaturated/α-hetero) is 1. The lowest BCUT2D eigenvalue weighted by atomic mass is 10.2. The summed E-state index contributed by atoms with van der Waals surface area (Å²) in [5.74, 6) is -2.50. The first-order chi connectivity index (χ1) is 7.41. The summed E-state index contributed by atoms with van der Waals surface area (Å²) in [5.41, 5.74) is -0.496. The van der Waals surface area contributed by atoms with Crippen molar-refractivity contribution in [1.82, 2.24) is 9.97 Å². The number of aromatic amines is 1. The molecule has 0 fully saturated rings. The summed E-state index contributed by atoms with van der Waals surface area (Å²) in [6, 6.07) is 0. The van der Waals surface area contributed by atoms with Crippen molar-refractivity contribution in [2.45, 2.75) is 6.92 Å². The maximum atomic E-state index is 10.9. The summed E-state index contributed by atoms with van der Waals surface area (Å²) in [7, 11) is 0. The van der Waals surface area contributed by atoms with E-state index in [9.17, 15) is 19.7 Å². The predicted molar refractivity (Wildman–Crippen MR) is 51.5 cm³/mol. The minimum atomic E-state index is -1.41. The highest BCUT2D eigenvalue weighted by Gasteiger charge is 2.16. The summed E-state index contributed by atoms with van der Waals surface area (Å²) < 4.78 is 0. The summed E-state index contributed by atoms with van der Waals surface area (Å²) in [6.45, 7) is 1.08. The summed E-state index contributed by atoms with van der Waals surface area (Å²) in [5, 5.41) is 19.0. The van der Waals surface area contributed by atoms with Gasteiger partial charge in [0.2, 0.25) is 5.82 Å². The maximum Gasteiger partial charge on any atom is 0.340 e. The second-order valence-electron chi connectivity index (χ2n) is 2.83. The fourth-order valence-electron chi connectivity index (χ4n) is 0.943. The number of aliphatic carboxylic acids is 1. The fraction of sp³-hybridized carbons (Fsp3) is 0.125. The van der Waals surface area contributed by atoms with E-state index in [1.165, 1.54) is 0 Å². The normalized spacial score (nSPS) is 11.2. The number of carbonyl (C=O) groups is 2. The van der Waals surface area contributed by atoms with Gasteiger partial charge in [-0.15, -0.1) is 0 Å². The molecule has 2 N–H and O–H groups in total. The van der Waals surface area contributed by atoms with E-state index >= 15 is 0 Å². The number of hydrogen-bond donors (Lipinski definition) is 2. The number of rotatable bonds is 4. The van der Waals surface area contributed by atoms with E-state index in [-0.39, 0.29) is 11.6 Å². The number of H-pyrrole nitrogens is 1. The number of ketones is 1. The number of carboxylic acids is 1. The van der Waals surface area contributed by atoms with E-state index < -0.39 is 22.2 Å². The zero-order valence-electron chi connectivity index (χ0n) is 8.13. The maximum absolute atomic E-state index is 10.9. The first-order valence-electron chi connectivity index (χ1n) is 4.07. The minimum Gasteiger partial charge on any atom is -0.478 e. The molecule has 0 saturated heterocycles. The second kappa shape index (κ2) is 4.34. The van der Waals surface area contributed by atoms with Gasteiger partial charge in [0.1, 0.15) is 11.8 Å². The molecule has 0 unspecified atom stereocenters. The minimum absolute atomic E-state index is 0.0562. The van der Waals surface area contributed by atoms with E-state index in [4.69, 9.17) is 5.11 Å². The first-order valence-corrected chi connectivity index (χ1v) is 4.07. The van der Waals surface area contributed by atoms with Crippen LogP contribution in [0, 0.1) is 10.1 Å². The van der Waals surface area contributed by atoms with E-state index in [1.54, 1.807) is 0 Å². The number of aromatic nitrogens is 2. The number of nitro groups is 1. The van der Waals surface area contributed by atoms with Gasteiger partial charge in [-0.1, -0.05) is 0 Å². The van der Waals surface area contributed by atoms with Crippen molar-refractivity contribution in [3.8, 4) is 0 Å². The average molecular weight is 225 g/mol. The monoisotopic (exact) mass is 225 g/mol. The second-order valence-corrected chi connectivity index (χ2v) is 2.83. The molecule has 0 aromatic carbocycles. The zero-order valence-corrected chi connectivity index (χ0v) is 8.13. The van der Waals surface area contributed by atoms with Gasteiger partial charge in [-0.05, 0) is 11.8 Å². The van der Waals surface area contributed by atoms with E-state index in [0.717, 1.165) is 19.2 Å². The Kier molecular flexibility index (Phi) is 3.14. The number of nitrogens with zero attached hydrogens (tertiary/aromatic N) is 2. The van der Waals surface area contributed by atoms with Crippen LogP contribution in [0.2, 0.25) is 0 Å². The lowest BCUT2D eigenvalue weighted by Gasteiger charge is -1.92. The van der Waals surface area contributed by atoms with Crippen LogP contribution in [-0.4, -0.2) is 31.8 Å². The van der Waals surface area contributed by atoms with Crippen molar-refractivity contribution in [3.05, 3.63) is 27.7 Å². The Balaban J connectivity index is 3.09. The number of carboxylic acid groups (broad SMARTS) is 1. The van der Waals surface area contributed by atoms with Crippen LogP contribution >= 0.6 is 0 Å². The summed E-state index contributed by atoms with van der Waals surface area (Å²) in [4.78, 5) is 36.9. The van der Waals surface area contributed by atoms with Crippen molar-refractivity contribution >= 4 is 23.6 Å². The standard InChI is InChI=1S/C8H7N3O5/c1-4(12)5(8(13)14)2-6-9-3-7(10-6)11(15)16/h2-3H,1H3,(H,9,10)(H,13,14). The molecule has 0 spiro atoms. The Bertz CT molecular complexity index is 472. The molecule has 0 atom stereocenters. The van der Waals surface area contributed by atoms with Crippen LogP contribution in [0.5, 0.6) is 0 Å². The molecule has 84 valence electrons. The molecule has 0 saturated carbocycles. The van der Waals surface area contributed by atoms with E-state index in [1.807, 2.05) is 0 Å². The smallest absolute Gasteiger partial charge is 0.340 e. The van der Waals surface area contributed by atoms with Gasteiger partial charge < -0.3 is 15.2 Å².